The molecule has 1 fully saturated rings. The van der Waals surface area contributed by atoms with Crippen LogP contribution in [0.1, 0.15) is 35.2 Å². The number of carbonyl (C=O) groups excluding carboxylic acids is 1. The predicted octanol–water partition coefficient (Wildman–Crippen LogP) is 5.60. The molecule has 3 heterocycles. The molecule has 1 saturated heterocycles. The molecule has 1 amide bonds. The molecular weight excluding hydrogens is 500 g/mol. The molecule has 0 radical (unpaired) electrons. The first-order chi connectivity index (χ1) is 17.8. The molecule has 1 atom stereocenters. The molecule has 1 aliphatic heterocycles. The molecular formula is C29H26N4O2S2. The van der Waals surface area contributed by atoms with E-state index < -0.39 is 0 Å². The second-order valence-corrected chi connectivity index (χ2v) is 10.7. The number of nitrogens with zero attached hydrogens (tertiary/aromatic N) is 4. The van der Waals surface area contributed by atoms with E-state index in [1.165, 1.54) is 16.2 Å². The fourth-order valence-corrected chi connectivity index (χ4v) is 5.88. The van der Waals surface area contributed by atoms with Gasteiger partial charge in [0, 0.05) is 19.8 Å². The number of hydrogen-bond donors (Lipinski definition) is 0. The van der Waals surface area contributed by atoms with Crippen molar-refractivity contribution in [2.45, 2.75) is 26.4 Å². The maximum absolute atomic E-state index is 13.8. The van der Waals surface area contributed by atoms with Crippen molar-refractivity contribution in [3.63, 3.8) is 0 Å². The molecule has 186 valence electrons. The van der Waals surface area contributed by atoms with E-state index in [4.69, 9.17) is 17.2 Å². The van der Waals surface area contributed by atoms with Crippen LogP contribution in [-0.4, -0.2) is 31.6 Å². The molecule has 8 heteroatoms. The molecule has 0 spiro atoms. The number of rotatable bonds is 6. The lowest BCUT2D eigenvalue weighted by Crippen LogP contribution is -2.31. The zero-order valence-electron chi connectivity index (χ0n) is 20.8. The van der Waals surface area contributed by atoms with Gasteiger partial charge in [0.1, 0.15) is 15.8 Å². The highest BCUT2D eigenvalue weighted by atomic mass is 32.2. The van der Waals surface area contributed by atoms with E-state index in [2.05, 4.69) is 0 Å². The van der Waals surface area contributed by atoms with Crippen molar-refractivity contribution in [1.29, 1.82) is 0 Å². The molecule has 2 aromatic carbocycles. The summed E-state index contributed by atoms with van der Waals surface area (Å²) in [7, 11) is 1.91. The average molecular weight is 527 g/mol. The molecule has 1 unspecified atom stereocenters. The van der Waals surface area contributed by atoms with Gasteiger partial charge in [-0.15, -0.1) is 0 Å². The molecule has 2 aromatic heterocycles. The fraction of sp³-hybridized carbons (Fsp3) is 0.172. The number of thiocarbonyl (C=S) groups is 1. The van der Waals surface area contributed by atoms with E-state index in [0.29, 0.717) is 32.8 Å². The quantitative estimate of drug-likeness (QED) is 0.241. The van der Waals surface area contributed by atoms with Gasteiger partial charge < -0.3 is 4.90 Å². The average Bonchev–Trinajstić information content (AvgIpc) is 3.18. The van der Waals surface area contributed by atoms with Crippen LogP contribution in [0.2, 0.25) is 0 Å². The van der Waals surface area contributed by atoms with Crippen molar-refractivity contribution < 1.29 is 4.79 Å². The predicted molar refractivity (Wildman–Crippen MR) is 155 cm³/mol. The Hall–Kier alpha value is -3.75. The van der Waals surface area contributed by atoms with Crippen LogP contribution < -0.4 is 10.5 Å². The Morgan fingerprint density at radius 2 is 1.70 bits per heavy atom. The van der Waals surface area contributed by atoms with E-state index in [1.807, 2.05) is 98.6 Å². The summed E-state index contributed by atoms with van der Waals surface area (Å²) in [6, 6.07) is 23.3. The number of fused-ring (bicyclic) bond motifs is 1. The molecule has 0 aliphatic carbocycles. The lowest BCUT2D eigenvalue weighted by Gasteiger charge is -2.23. The zero-order chi connectivity index (χ0) is 26.1. The van der Waals surface area contributed by atoms with Crippen LogP contribution >= 0.6 is 24.0 Å². The van der Waals surface area contributed by atoms with Crippen molar-refractivity contribution in [3.8, 4) is 0 Å². The van der Waals surface area contributed by atoms with Crippen LogP contribution in [0.25, 0.3) is 11.7 Å². The summed E-state index contributed by atoms with van der Waals surface area (Å²) in [5.74, 6) is 0.307. The number of thioether (sulfide) groups is 1. The van der Waals surface area contributed by atoms with Gasteiger partial charge in [0.15, 0.2) is 0 Å². The maximum Gasteiger partial charge on any atom is 0.267 e. The topological polar surface area (TPSA) is 57.9 Å². The summed E-state index contributed by atoms with van der Waals surface area (Å²) < 4.78 is 2.01. The monoisotopic (exact) mass is 526 g/mol. The van der Waals surface area contributed by atoms with Crippen LogP contribution in [-0.2, 0) is 11.3 Å². The van der Waals surface area contributed by atoms with E-state index in [9.17, 15) is 9.59 Å². The van der Waals surface area contributed by atoms with Crippen molar-refractivity contribution in [1.82, 2.24) is 14.3 Å². The van der Waals surface area contributed by atoms with Gasteiger partial charge in [-0.25, -0.2) is 4.98 Å². The number of hydrogen-bond acceptors (Lipinski definition) is 6. The second kappa shape index (κ2) is 10.3. The van der Waals surface area contributed by atoms with E-state index in [-0.39, 0.29) is 17.5 Å². The van der Waals surface area contributed by atoms with Gasteiger partial charge in [-0.3, -0.25) is 18.9 Å². The molecule has 1 aliphatic rings. The lowest BCUT2D eigenvalue weighted by molar-refractivity contribution is -0.123. The van der Waals surface area contributed by atoms with E-state index in [0.717, 1.165) is 16.7 Å². The Bertz CT molecular complexity index is 1580. The van der Waals surface area contributed by atoms with Crippen LogP contribution in [0.5, 0.6) is 0 Å². The van der Waals surface area contributed by atoms with E-state index >= 15 is 0 Å². The zero-order valence-corrected chi connectivity index (χ0v) is 22.4. The molecule has 0 saturated carbocycles. The summed E-state index contributed by atoms with van der Waals surface area (Å²) in [4.78, 5) is 36.2. The Kier molecular flexibility index (Phi) is 6.95. The van der Waals surface area contributed by atoms with Crippen molar-refractivity contribution in [2.75, 3.05) is 11.9 Å². The molecule has 0 bridgehead atoms. The van der Waals surface area contributed by atoms with Gasteiger partial charge in [-0.05, 0) is 42.7 Å². The first-order valence-corrected chi connectivity index (χ1v) is 13.2. The first-order valence-electron chi connectivity index (χ1n) is 11.9. The van der Waals surface area contributed by atoms with Crippen molar-refractivity contribution >= 4 is 51.7 Å². The van der Waals surface area contributed by atoms with Gasteiger partial charge in [0.05, 0.1) is 16.5 Å². The first kappa shape index (κ1) is 24.9. The van der Waals surface area contributed by atoms with Gasteiger partial charge >= 0.3 is 0 Å². The minimum atomic E-state index is -0.231. The maximum atomic E-state index is 13.8. The van der Waals surface area contributed by atoms with E-state index in [1.54, 1.807) is 17.2 Å². The number of amides is 1. The Morgan fingerprint density at radius 3 is 2.41 bits per heavy atom. The number of carbonyl (C=O) groups is 1. The van der Waals surface area contributed by atoms with Crippen molar-refractivity contribution in [3.05, 3.63) is 117 Å². The molecule has 4 aromatic rings. The smallest absolute Gasteiger partial charge is 0.267 e. The lowest BCUT2D eigenvalue weighted by atomic mass is 10.1. The third-order valence-electron chi connectivity index (χ3n) is 6.46. The van der Waals surface area contributed by atoms with Crippen molar-refractivity contribution in [2.24, 2.45) is 0 Å². The fourth-order valence-electron chi connectivity index (χ4n) is 4.48. The molecule has 6 nitrogen and oxygen atoms in total. The summed E-state index contributed by atoms with van der Waals surface area (Å²) in [6.07, 6.45) is 3.36. The normalized spacial score (nSPS) is 15.5. The SMILES string of the molecule is Cc1cccn2c(=O)c(C=C3SC(=S)N(C(C)c4ccccc4)C3=O)c(N(C)Cc3ccccc3)nc12. The largest absolute Gasteiger partial charge is 0.355 e. The number of anilines is 1. The van der Waals surface area contributed by atoms with Crippen LogP contribution in [0.3, 0.4) is 0 Å². The summed E-state index contributed by atoms with van der Waals surface area (Å²) in [5.41, 5.74) is 3.68. The Labute approximate surface area is 225 Å². The van der Waals surface area contributed by atoms with Crippen LogP contribution in [0, 0.1) is 6.92 Å². The highest BCUT2D eigenvalue weighted by Gasteiger charge is 2.36. The highest BCUT2D eigenvalue weighted by Crippen LogP contribution is 2.38. The van der Waals surface area contributed by atoms with Gasteiger partial charge in [0.2, 0.25) is 0 Å². The van der Waals surface area contributed by atoms with Crippen LogP contribution in [0.15, 0.2) is 88.7 Å². The molecule has 37 heavy (non-hydrogen) atoms. The minimum absolute atomic E-state index is 0.211. The summed E-state index contributed by atoms with van der Waals surface area (Å²) in [6.45, 7) is 4.44. The number of pyridine rings is 1. The summed E-state index contributed by atoms with van der Waals surface area (Å²) in [5, 5.41) is 0. The minimum Gasteiger partial charge on any atom is -0.355 e. The number of aromatic nitrogens is 2. The van der Waals surface area contributed by atoms with Crippen LogP contribution in [0.4, 0.5) is 5.82 Å². The number of benzene rings is 2. The van der Waals surface area contributed by atoms with Gasteiger partial charge in [-0.2, -0.15) is 0 Å². The number of aryl methyl sites for hydroxylation is 1. The van der Waals surface area contributed by atoms with Gasteiger partial charge in [0.25, 0.3) is 11.5 Å². The highest BCUT2D eigenvalue weighted by molar-refractivity contribution is 8.26. The van der Waals surface area contributed by atoms with Gasteiger partial charge in [-0.1, -0.05) is 90.7 Å². The molecule has 0 N–H and O–H groups in total. The second-order valence-electron chi connectivity index (χ2n) is 9.02. The third-order valence-corrected chi connectivity index (χ3v) is 7.79. The molecule has 5 rings (SSSR count). The summed E-state index contributed by atoms with van der Waals surface area (Å²) >= 11 is 6.82. The Balaban J connectivity index is 1.60. The third kappa shape index (κ3) is 4.82. The standard InChI is InChI=1S/C29H26N4O2S2/c1-19-11-10-16-32-25(19)30-26(31(3)18-21-12-6-4-7-13-21)23(27(32)34)17-24-28(35)33(29(36)37-24)20(2)22-14-8-5-9-15-22/h4-17,20H,18H2,1-3H3. The Morgan fingerprint density at radius 1 is 1.03 bits per heavy atom.